The van der Waals surface area contributed by atoms with Crippen molar-refractivity contribution in [1.29, 1.82) is 0 Å². The molecule has 0 aliphatic rings. The molecule has 7 heteroatoms. The van der Waals surface area contributed by atoms with Crippen LogP contribution in [0.3, 0.4) is 0 Å². The topological polar surface area (TPSA) is 108 Å². The summed E-state index contributed by atoms with van der Waals surface area (Å²) in [5.74, 6) is -0.710. The van der Waals surface area contributed by atoms with Crippen molar-refractivity contribution in [2.75, 3.05) is 0 Å². The molecule has 0 aliphatic heterocycles. The number of aromatic hydroxyl groups is 2. The SMILES string of the molecule is O=C(N/N=C/c1ccc(O)cc1O)c1cnccn1. The van der Waals surface area contributed by atoms with Gasteiger partial charge < -0.3 is 10.2 Å². The molecule has 2 rings (SSSR count). The highest BCUT2D eigenvalue weighted by Gasteiger charge is 2.05. The van der Waals surface area contributed by atoms with Gasteiger partial charge in [-0.3, -0.25) is 9.78 Å². The normalized spacial score (nSPS) is 10.5. The Bertz CT molecular complexity index is 614. The highest BCUT2D eigenvalue weighted by molar-refractivity contribution is 5.93. The number of rotatable bonds is 3. The van der Waals surface area contributed by atoms with Gasteiger partial charge in [0.2, 0.25) is 0 Å². The van der Waals surface area contributed by atoms with Crippen LogP contribution in [0.5, 0.6) is 11.5 Å². The third-order valence-corrected chi connectivity index (χ3v) is 2.18. The van der Waals surface area contributed by atoms with Crippen LogP contribution in [0.25, 0.3) is 0 Å². The van der Waals surface area contributed by atoms with Gasteiger partial charge in [0.15, 0.2) is 0 Å². The maximum absolute atomic E-state index is 11.5. The molecule has 1 heterocycles. The molecule has 0 unspecified atom stereocenters. The number of phenolic OH excluding ortho intramolecular Hbond substituents is 2. The van der Waals surface area contributed by atoms with E-state index in [0.29, 0.717) is 5.56 Å². The zero-order valence-electron chi connectivity index (χ0n) is 9.69. The van der Waals surface area contributed by atoms with Crippen LogP contribution >= 0.6 is 0 Å². The van der Waals surface area contributed by atoms with Gasteiger partial charge in [0, 0.05) is 24.0 Å². The number of hydrazone groups is 1. The van der Waals surface area contributed by atoms with E-state index in [2.05, 4.69) is 20.5 Å². The number of phenols is 2. The second kappa shape index (κ2) is 5.58. The Balaban J connectivity index is 2.02. The van der Waals surface area contributed by atoms with Crippen molar-refractivity contribution in [1.82, 2.24) is 15.4 Å². The number of carbonyl (C=O) groups excluding carboxylic acids is 1. The average molecular weight is 258 g/mol. The molecule has 0 aliphatic carbocycles. The molecule has 0 bridgehead atoms. The number of nitrogens with zero attached hydrogens (tertiary/aromatic N) is 3. The molecular formula is C12H10N4O3. The van der Waals surface area contributed by atoms with Gasteiger partial charge >= 0.3 is 0 Å². The molecule has 19 heavy (non-hydrogen) atoms. The van der Waals surface area contributed by atoms with Crippen LogP contribution in [0.2, 0.25) is 0 Å². The van der Waals surface area contributed by atoms with Crippen LogP contribution in [-0.2, 0) is 0 Å². The molecule has 0 saturated heterocycles. The number of aromatic nitrogens is 2. The minimum Gasteiger partial charge on any atom is -0.508 e. The Morgan fingerprint density at radius 3 is 2.84 bits per heavy atom. The largest absolute Gasteiger partial charge is 0.508 e. The summed E-state index contributed by atoms with van der Waals surface area (Å²) in [5, 5.41) is 22.3. The molecule has 0 spiro atoms. The van der Waals surface area contributed by atoms with Gasteiger partial charge in [0.25, 0.3) is 5.91 Å². The van der Waals surface area contributed by atoms with Crippen LogP contribution in [-0.4, -0.2) is 32.3 Å². The summed E-state index contributed by atoms with van der Waals surface area (Å²) in [6.07, 6.45) is 5.41. The van der Waals surface area contributed by atoms with E-state index in [1.807, 2.05) is 0 Å². The van der Waals surface area contributed by atoms with E-state index in [1.54, 1.807) is 0 Å². The fourth-order valence-corrected chi connectivity index (χ4v) is 1.28. The lowest BCUT2D eigenvalue weighted by Gasteiger charge is -2.00. The molecule has 2 aromatic rings. The molecule has 1 amide bonds. The van der Waals surface area contributed by atoms with Crippen molar-refractivity contribution in [2.45, 2.75) is 0 Å². The first kappa shape index (κ1) is 12.5. The maximum Gasteiger partial charge on any atom is 0.291 e. The Morgan fingerprint density at radius 2 is 2.16 bits per heavy atom. The summed E-state index contributed by atoms with van der Waals surface area (Å²) in [6, 6.07) is 4.03. The lowest BCUT2D eigenvalue weighted by atomic mass is 10.2. The van der Waals surface area contributed by atoms with Crippen LogP contribution in [0.15, 0.2) is 41.9 Å². The highest BCUT2D eigenvalue weighted by atomic mass is 16.3. The summed E-state index contributed by atoms with van der Waals surface area (Å²) >= 11 is 0. The second-order valence-corrected chi connectivity index (χ2v) is 3.53. The fraction of sp³-hybridized carbons (Fsp3) is 0. The summed E-state index contributed by atoms with van der Waals surface area (Å²) in [6.45, 7) is 0. The minimum absolute atomic E-state index is 0.0572. The van der Waals surface area contributed by atoms with E-state index >= 15 is 0 Å². The van der Waals surface area contributed by atoms with Crippen molar-refractivity contribution in [3.05, 3.63) is 48.0 Å². The second-order valence-electron chi connectivity index (χ2n) is 3.53. The van der Waals surface area contributed by atoms with Crippen LogP contribution in [0, 0.1) is 0 Å². The van der Waals surface area contributed by atoms with Gasteiger partial charge in [-0.15, -0.1) is 0 Å². The standard InChI is InChI=1S/C12H10N4O3/c17-9-2-1-8(11(18)5-9)6-15-16-12(19)10-7-13-3-4-14-10/h1-7,17-18H,(H,16,19)/b15-6+. The molecule has 1 aromatic heterocycles. The van der Waals surface area contributed by atoms with Crippen LogP contribution < -0.4 is 5.43 Å². The highest BCUT2D eigenvalue weighted by Crippen LogP contribution is 2.20. The van der Waals surface area contributed by atoms with E-state index < -0.39 is 5.91 Å². The summed E-state index contributed by atoms with van der Waals surface area (Å²) in [5.41, 5.74) is 2.74. The smallest absolute Gasteiger partial charge is 0.291 e. The van der Waals surface area contributed by atoms with Gasteiger partial charge in [0.1, 0.15) is 17.2 Å². The number of hydrogen-bond donors (Lipinski definition) is 3. The Morgan fingerprint density at radius 1 is 1.32 bits per heavy atom. The minimum atomic E-state index is -0.511. The zero-order chi connectivity index (χ0) is 13.7. The van der Waals surface area contributed by atoms with Crippen molar-refractivity contribution < 1.29 is 15.0 Å². The first-order chi connectivity index (χ1) is 9.16. The molecule has 0 saturated carbocycles. The molecule has 0 atom stereocenters. The molecule has 3 N–H and O–H groups in total. The Labute approximate surface area is 108 Å². The van der Waals surface area contributed by atoms with Crippen LogP contribution in [0.1, 0.15) is 16.1 Å². The van der Waals surface area contributed by atoms with Gasteiger partial charge in [-0.05, 0) is 12.1 Å². The number of benzene rings is 1. The average Bonchev–Trinajstić information content (AvgIpc) is 2.42. The number of amides is 1. The monoisotopic (exact) mass is 258 g/mol. The number of hydrogen-bond acceptors (Lipinski definition) is 6. The van der Waals surface area contributed by atoms with E-state index in [-0.39, 0.29) is 17.2 Å². The van der Waals surface area contributed by atoms with Gasteiger partial charge in [0.05, 0.1) is 12.4 Å². The quantitative estimate of drug-likeness (QED) is 0.553. The molecule has 1 aromatic carbocycles. The number of nitrogens with one attached hydrogen (secondary N) is 1. The van der Waals surface area contributed by atoms with E-state index in [4.69, 9.17) is 5.11 Å². The number of carbonyl (C=O) groups is 1. The van der Waals surface area contributed by atoms with Crippen molar-refractivity contribution in [3.63, 3.8) is 0 Å². The Kier molecular flexibility index (Phi) is 3.67. The van der Waals surface area contributed by atoms with Crippen molar-refractivity contribution in [2.24, 2.45) is 5.10 Å². The fourth-order valence-electron chi connectivity index (χ4n) is 1.28. The molecule has 0 radical (unpaired) electrons. The van der Waals surface area contributed by atoms with Crippen LogP contribution in [0.4, 0.5) is 0 Å². The lowest BCUT2D eigenvalue weighted by molar-refractivity contribution is 0.0949. The van der Waals surface area contributed by atoms with E-state index in [1.165, 1.54) is 43.0 Å². The Hall–Kier alpha value is -2.96. The lowest BCUT2D eigenvalue weighted by Crippen LogP contribution is -2.19. The summed E-state index contributed by atoms with van der Waals surface area (Å²) in [4.78, 5) is 19.1. The third-order valence-electron chi connectivity index (χ3n) is 2.18. The maximum atomic E-state index is 11.5. The molecule has 96 valence electrons. The summed E-state index contributed by atoms with van der Waals surface area (Å²) in [7, 11) is 0. The first-order valence-corrected chi connectivity index (χ1v) is 5.28. The van der Waals surface area contributed by atoms with E-state index in [0.717, 1.165) is 0 Å². The predicted octanol–water partition coefficient (Wildman–Crippen LogP) is 0.652. The van der Waals surface area contributed by atoms with Gasteiger partial charge in [-0.1, -0.05) is 0 Å². The summed E-state index contributed by atoms with van der Waals surface area (Å²) < 4.78 is 0. The molecule has 0 fully saturated rings. The zero-order valence-corrected chi connectivity index (χ0v) is 9.69. The van der Waals surface area contributed by atoms with Gasteiger partial charge in [-0.2, -0.15) is 5.10 Å². The van der Waals surface area contributed by atoms with Crippen molar-refractivity contribution in [3.8, 4) is 11.5 Å². The predicted molar refractivity (Wildman–Crippen MR) is 66.9 cm³/mol. The first-order valence-electron chi connectivity index (χ1n) is 5.28. The van der Waals surface area contributed by atoms with E-state index in [9.17, 15) is 9.90 Å². The van der Waals surface area contributed by atoms with Crippen molar-refractivity contribution >= 4 is 12.1 Å². The molecular weight excluding hydrogens is 248 g/mol. The molecule has 7 nitrogen and oxygen atoms in total. The third kappa shape index (κ3) is 3.25. The van der Waals surface area contributed by atoms with Gasteiger partial charge in [-0.25, -0.2) is 10.4 Å².